The van der Waals surface area contributed by atoms with Gasteiger partial charge in [-0.05, 0) is 17.7 Å². The Morgan fingerprint density at radius 1 is 1.08 bits per heavy atom. The average Bonchev–Trinajstić information content (AvgIpc) is 2.60. The molecule has 1 N–H and O–H groups in total. The molecule has 6 nitrogen and oxygen atoms in total. The Hall–Kier alpha value is -2.22. The monoisotopic (exact) mass is 364 g/mol. The summed E-state index contributed by atoms with van der Waals surface area (Å²) in [6.07, 6.45) is -0.381. The van der Waals surface area contributed by atoms with E-state index in [9.17, 15) is 18.3 Å². The van der Waals surface area contributed by atoms with Crippen LogP contribution < -0.4 is 4.74 Å². The number of carbonyl (C=O) groups excluding carboxylic acids is 1. The van der Waals surface area contributed by atoms with Crippen molar-refractivity contribution in [1.29, 1.82) is 0 Å². The third kappa shape index (κ3) is 4.66. The number of aliphatic hydroxyl groups excluding tert-OH is 1. The quantitative estimate of drug-likeness (QED) is 0.569. The summed E-state index contributed by atoms with van der Waals surface area (Å²) < 4.78 is 34.4. The Bertz CT molecular complexity index is 830. The number of hydrogen-bond acceptors (Lipinski definition) is 6. The fourth-order valence-corrected chi connectivity index (χ4v) is 3.14. The molecule has 2 aromatic rings. The van der Waals surface area contributed by atoms with Crippen LogP contribution in [-0.4, -0.2) is 45.9 Å². The summed E-state index contributed by atoms with van der Waals surface area (Å²) in [6.45, 7) is 0.303. The Kier molecular flexibility index (Phi) is 6.30. The average molecular weight is 364 g/mol. The van der Waals surface area contributed by atoms with E-state index in [0.29, 0.717) is 5.56 Å². The predicted octanol–water partition coefficient (Wildman–Crippen LogP) is 2.03. The van der Waals surface area contributed by atoms with Crippen LogP contribution in [0.1, 0.15) is 22.0 Å². The zero-order valence-corrected chi connectivity index (χ0v) is 14.8. The van der Waals surface area contributed by atoms with Gasteiger partial charge in [-0.25, -0.2) is 8.42 Å². The molecule has 0 aliphatic rings. The van der Waals surface area contributed by atoms with Gasteiger partial charge in [-0.2, -0.15) is 0 Å². The number of benzene rings is 2. The molecule has 0 heterocycles. The van der Waals surface area contributed by atoms with Crippen LogP contribution in [-0.2, 0) is 14.6 Å². The second-order valence-electron chi connectivity index (χ2n) is 5.42. The number of rotatable bonds is 8. The highest BCUT2D eigenvalue weighted by molar-refractivity contribution is 7.90. The first-order valence-electron chi connectivity index (χ1n) is 7.58. The number of ketones is 1. The van der Waals surface area contributed by atoms with E-state index in [1.807, 2.05) is 0 Å². The lowest BCUT2D eigenvalue weighted by molar-refractivity contribution is 0.0740. The number of carbonyl (C=O) groups is 1. The molecule has 134 valence electrons. The van der Waals surface area contributed by atoms with Crippen LogP contribution in [0.4, 0.5) is 0 Å². The fraction of sp³-hybridized carbons (Fsp3) is 0.278. The SMILES string of the molecule is COCCOc1c(C(=O)C(O)c2ccccc2)cccc1S(C)(=O)=O. The van der Waals surface area contributed by atoms with Crippen molar-refractivity contribution in [3.8, 4) is 5.75 Å². The van der Waals surface area contributed by atoms with Crippen LogP contribution >= 0.6 is 0 Å². The van der Waals surface area contributed by atoms with Gasteiger partial charge in [-0.15, -0.1) is 0 Å². The molecule has 0 bridgehead atoms. The molecule has 2 rings (SSSR count). The van der Waals surface area contributed by atoms with Crippen LogP contribution in [0.3, 0.4) is 0 Å². The molecule has 1 unspecified atom stereocenters. The smallest absolute Gasteiger partial charge is 0.199 e. The lowest BCUT2D eigenvalue weighted by Gasteiger charge is -2.16. The second kappa shape index (κ2) is 8.24. The lowest BCUT2D eigenvalue weighted by Crippen LogP contribution is -2.17. The Balaban J connectivity index is 2.47. The van der Waals surface area contributed by atoms with E-state index in [1.165, 1.54) is 25.3 Å². The normalized spacial score (nSPS) is 12.6. The van der Waals surface area contributed by atoms with Gasteiger partial charge in [0.2, 0.25) is 0 Å². The van der Waals surface area contributed by atoms with Crippen LogP contribution in [0, 0.1) is 0 Å². The van der Waals surface area contributed by atoms with Crippen LogP contribution in [0.2, 0.25) is 0 Å². The number of hydrogen-bond donors (Lipinski definition) is 1. The van der Waals surface area contributed by atoms with Gasteiger partial charge in [0.1, 0.15) is 23.4 Å². The molecule has 0 spiro atoms. The lowest BCUT2D eigenvalue weighted by atomic mass is 9.99. The topological polar surface area (TPSA) is 89.9 Å². The first-order chi connectivity index (χ1) is 11.9. The van der Waals surface area contributed by atoms with Gasteiger partial charge in [-0.1, -0.05) is 36.4 Å². The molecule has 0 aliphatic heterocycles. The highest BCUT2D eigenvalue weighted by Gasteiger charge is 2.26. The molecular weight excluding hydrogens is 344 g/mol. The number of aliphatic hydroxyl groups is 1. The van der Waals surface area contributed by atoms with Gasteiger partial charge in [-0.3, -0.25) is 4.79 Å². The van der Waals surface area contributed by atoms with E-state index >= 15 is 0 Å². The number of sulfone groups is 1. The minimum Gasteiger partial charge on any atom is -0.489 e. The second-order valence-corrected chi connectivity index (χ2v) is 7.41. The van der Waals surface area contributed by atoms with Crippen LogP contribution in [0.15, 0.2) is 53.4 Å². The summed E-state index contributed by atoms with van der Waals surface area (Å²) in [6, 6.07) is 12.7. The van der Waals surface area contributed by atoms with Crippen LogP contribution in [0.5, 0.6) is 5.75 Å². The molecule has 1 atom stereocenters. The molecule has 0 fully saturated rings. The minimum absolute atomic E-state index is 0.00961. The van der Waals surface area contributed by atoms with Crippen LogP contribution in [0.25, 0.3) is 0 Å². The minimum atomic E-state index is -3.62. The van der Waals surface area contributed by atoms with Gasteiger partial charge in [0.25, 0.3) is 0 Å². The van der Waals surface area contributed by atoms with Gasteiger partial charge in [0.05, 0.1) is 12.2 Å². The highest BCUT2D eigenvalue weighted by Crippen LogP contribution is 2.31. The summed E-state index contributed by atoms with van der Waals surface area (Å²) in [5, 5.41) is 10.4. The summed E-state index contributed by atoms with van der Waals surface area (Å²) in [7, 11) is -2.13. The Labute approximate surface area is 146 Å². The van der Waals surface area contributed by atoms with Crippen molar-refractivity contribution < 1.29 is 27.8 Å². The van der Waals surface area contributed by atoms with Crippen molar-refractivity contribution in [2.45, 2.75) is 11.0 Å². The van der Waals surface area contributed by atoms with E-state index < -0.39 is 21.7 Å². The van der Waals surface area contributed by atoms with E-state index in [0.717, 1.165) is 6.26 Å². The summed E-state index contributed by atoms with van der Waals surface area (Å²) in [5.74, 6) is -0.703. The Morgan fingerprint density at radius 2 is 1.76 bits per heavy atom. The summed E-state index contributed by atoms with van der Waals surface area (Å²) in [5.41, 5.74) is 0.426. The van der Waals surface area contributed by atoms with Crippen molar-refractivity contribution >= 4 is 15.6 Å². The highest BCUT2D eigenvalue weighted by atomic mass is 32.2. The Morgan fingerprint density at radius 3 is 2.36 bits per heavy atom. The largest absolute Gasteiger partial charge is 0.489 e. The molecule has 0 aromatic heterocycles. The summed E-state index contributed by atoms with van der Waals surface area (Å²) in [4.78, 5) is 12.6. The molecule has 0 saturated heterocycles. The third-order valence-electron chi connectivity index (χ3n) is 3.54. The number of ether oxygens (including phenoxy) is 2. The molecule has 25 heavy (non-hydrogen) atoms. The van der Waals surface area contributed by atoms with E-state index in [1.54, 1.807) is 30.3 Å². The van der Waals surface area contributed by atoms with Gasteiger partial charge >= 0.3 is 0 Å². The number of para-hydroxylation sites is 1. The van der Waals surface area contributed by atoms with Crippen molar-refractivity contribution in [3.05, 3.63) is 59.7 Å². The van der Waals surface area contributed by atoms with E-state index in [4.69, 9.17) is 9.47 Å². The van der Waals surface area contributed by atoms with E-state index in [-0.39, 0.29) is 29.4 Å². The number of Topliss-reactive ketones (excluding diaryl/α,β-unsaturated/α-hetero) is 1. The van der Waals surface area contributed by atoms with Gasteiger partial charge in [0.15, 0.2) is 15.6 Å². The molecule has 0 saturated carbocycles. The molecule has 0 radical (unpaired) electrons. The maximum atomic E-state index is 12.7. The van der Waals surface area contributed by atoms with Crippen molar-refractivity contribution in [2.24, 2.45) is 0 Å². The molecule has 0 amide bonds. The maximum Gasteiger partial charge on any atom is 0.199 e. The fourth-order valence-electron chi connectivity index (χ4n) is 2.31. The van der Waals surface area contributed by atoms with Crippen molar-refractivity contribution in [3.63, 3.8) is 0 Å². The molecule has 2 aromatic carbocycles. The van der Waals surface area contributed by atoms with Gasteiger partial charge in [0, 0.05) is 13.4 Å². The zero-order valence-electron chi connectivity index (χ0n) is 14.0. The van der Waals surface area contributed by atoms with Gasteiger partial charge < -0.3 is 14.6 Å². The molecule has 7 heteroatoms. The summed E-state index contributed by atoms with van der Waals surface area (Å²) >= 11 is 0. The standard InChI is InChI=1S/C18H20O6S/c1-23-11-12-24-18-14(9-6-10-15(18)25(2,21)22)17(20)16(19)13-7-4-3-5-8-13/h3-10,16,19H,11-12H2,1-2H3. The first kappa shape index (κ1) is 19.1. The zero-order chi connectivity index (χ0) is 18.4. The first-order valence-corrected chi connectivity index (χ1v) is 9.47. The third-order valence-corrected chi connectivity index (χ3v) is 4.66. The van der Waals surface area contributed by atoms with Crippen molar-refractivity contribution in [2.75, 3.05) is 26.6 Å². The molecule has 0 aliphatic carbocycles. The number of methoxy groups -OCH3 is 1. The van der Waals surface area contributed by atoms with E-state index in [2.05, 4.69) is 0 Å². The predicted molar refractivity (Wildman–Crippen MR) is 92.7 cm³/mol. The molecular formula is C18H20O6S. The van der Waals surface area contributed by atoms with Crippen molar-refractivity contribution in [1.82, 2.24) is 0 Å². The maximum absolute atomic E-state index is 12.7.